The molecule has 0 aliphatic carbocycles. The largest absolute Gasteiger partial charge is 0.477 e. The quantitative estimate of drug-likeness (QED) is 0.634. The Balaban J connectivity index is 1.71. The van der Waals surface area contributed by atoms with Crippen molar-refractivity contribution in [3.8, 4) is 0 Å². The summed E-state index contributed by atoms with van der Waals surface area (Å²) in [4.78, 5) is 23.6. The Morgan fingerprint density at radius 1 is 1.30 bits per heavy atom. The van der Waals surface area contributed by atoms with Crippen molar-refractivity contribution >= 4 is 29.3 Å². The molecule has 10 nitrogen and oxygen atoms in total. The number of carbonyl (C=O) groups is 2. The molecular weight excluding hydrogens is 374 g/mol. The van der Waals surface area contributed by atoms with E-state index in [1.165, 1.54) is 12.3 Å². The molecule has 3 heterocycles. The van der Waals surface area contributed by atoms with Gasteiger partial charge in [-0.05, 0) is 19.9 Å². The third kappa shape index (κ3) is 4.00. The molecule has 3 rings (SSSR count). The van der Waals surface area contributed by atoms with Gasteiger partial charge in [-0.25, -0.2) is 9.48 Å². The zero-order valence-corrected chi connectivity index (χ0v) is 15.5. The molecule has 11 heteroatoms. The molecule has 3 aromatic rings. The predicted octanol–water partition coefficient (Wildman–Crippen LogP) is 1.90. The Morgan fingerprint density at radius 3 is 2.74 bits per heavy atom. The Kier molecular flexibility index (Phi) is 5.26. The number of hydrogen-bond acceptors (Lipinski definition) is 5. The fraction of sp³-hybridized carbons (Fsp3) is 0.312. The molecule has 0 aliphatic rings. The van der Waals surface area contributed by atoms with Gasteiger partial charge < -0.3 is 10.4 Å². The van der Waals surface area contributed by atoms with Crippen molar-refractivity contribution < 1.29 is 14.7 Å². The van der Waals surface area contributed by atoms with Gasteiger partial charge in [0.2, 0.25) is 5.91 Å². The van der Waals surface area contributed by atoms with Crippen LogP contribution in [0.1, 0.15) is 35.9 Å². The minimum Gasteiger partial charge on any atom is -0.477 e. The normalized spacial score (nSPS) is 12.1. The Hall–Kier alpha value is -3.14. The van der Waals surface area contributed by atoms with Crippen molar-refractivity contribution in [2.45, 2.75) is 33.0 Å². The predicted molar refractivity (Wildman–Crippen MR) is 96.8 cm³/mol. The number of halogens is 1. The maximum absolute atomic E-state index is 12.5. The van der Waals surface area contributed by atoms with E-state index in [2.05, 4.69) is 20.6 Å². The standard InChI is InChI=1S/C16H18ClN7O3/c1-3-22-7-11(6-19-22)8-23-9-12(17)14(21-23)20-15(25)10(2)24-13(16(26)27)4-5-18-24/h4-7,9-10H,3,8H2,1-2H3,(H,26,27)(H,20,21,25). The molecule has 0 fully saturated rings. The number of aromatic carboxylic acids is 1. The average molecular weight is 392 g/mol. The van der Waals surface area contributed by atoms with Gasteiger partial charge in [-0.15, -0.1) is 0 Å². The van der Waals surface area contributed by atoms with Crippen LogP contribution in [0.4, 0.5) is 5.82 Å². The highest BCUT2D eigenvalue weighted by Crippen LogP contribution is 2.21. The van der Waals surface area contributed by atoms with Crippen LogP contribution in [0, 0.1) is 0 Å². The molecule has 1 atom stereocenters. The molecule has 0 saturated heterocycles. The number of carboxylic acid groups (broad SMARTS) is 1. The minimum absolute atomic E-state index is 0.0813. The molecule has 1 amide bonds. The van der Waals surface area contributed by atoms with Crippen LogP contribution in [0.2, 0.25) is 5.02 Å². The number of nitrogens with one attached hydrogen (secondary N) is 1. The zero-order valence-electron chi connectivity index (χ0n) is 14.7. The van der Waals surface area contributed by atoms with Crippen LogP contribution in [0.15, 0.2) is 30.9 Å². The van der Waals surface area contributed by atoms with Gasteiger partial charge in [0.05, 0.1) is 12.7 Å². The second kappa shape index (κ2) is 7.62. The Morgan fingerprint density at radius 2 is 2.07 bits per heavy atom. The van der Waals surface area contributed by atoms with E-state index in [0.29, 0.717) is 6.54 Å². The Labute approximate surface area is 159 Å². The summed E-state index contributed by atoms with van der Waals surface area (Å²) in [5.41, 5.74) is 0.868. The molecule has 2 N–H and O–H groups in total. The van der Waals surface area contributed by atoms with Crippen LogP contribution < -0.4 is 5.32 Å². The van der Waals surface area contributed by atoms with E-state index < -0.39 is 17.9 Å². The van der Waals surface area contributed by atoms with Crippen molar-refractivity contribution in [1.82, 2.24) is 29.3 Å². The number of nitrogens with zero attached hydrogens (tertiary/aromatic N) is 6. The van der Waals surface area contributed by atoms with Gasteiger partial charge in [0.15, 0.2) is 5.82 Å². The van der Waals surface area contributed by atoms with Gasteiger partial charge >= 0.3 is 5.97 Å². The Bertz CT molecular complexity index is 974. The van der Waals surface area contributed by atoms with E-state index in [9.17, 15) is 9.59 Å². The molecule has 0 spiro atoms. The fourth-order valence-electron chi connectivity index (χ4n) is 2.54. The molecule has 0 radical (unpaired) electrons. The molecule has 0 aromatic carbocycles. The lowest BCUT2D eigenvalue weighted by Gasteiger charge is -2.13. The highest BCUT2D eigenvalue weighted by atomic mass is 35.5. The first-order chi connectivity index (χ1) is 12.9. The number of aryl methyl sites for hydroxylation is 1. The number of rotatable bonds is 7. The van der Waals surface area contributed by atoms with E-state index in [4.69, 9.17) is 16.7 Å². The maximum Gasteiger partial charge on any atom is 0.354 e. The number of carbonyl (C=O) groups excluding carboxylic acids is 1. The summed E-state index contributed by atoms with van der Waals surface area (Å²) in [6.07, 6.45) is 6.57. The van der Waals surface area contributed by atoms with Gasteiger partial charge in [-0.3, -0.25) is 14.2 Å². The first-order valence-electron chi connectivity index (χ1n) is 8.21. The monoisotopic (exact) mass is 391 g/mol. The van der Waals surface area contributed by atoms with E-state index in [-0.39, 0.29) is 16.5 Å². The minimum atomic E-state index is -1.16. The summed E-state index contributed by atoms with van der Waals surface area (Å²) in [6.45, 7) is 4.75. The fourth-order valence-corrected chi connectivity index (χ4v) is 2.73. The molecule has 0 saturated carbocycles. The molecule has 3 aromatic heterocycles. The SMILES string of the molecule is CCn1cc(Cn2cc(Cl)c(NC(=O)C(C)n3nccc3C(=O)O)n2)cn1. The van der Waals surface area contributed by atoms with E-state index in [0.717, 1.165) is 16.8 Å². The van der Waals surface area contributed by atoms with E-state index in [1.807, 2.05) is 13.1 Å². The maximum atomic E-state index is 12.5. The lowest BCUT2D eigenvalue weighted by Crippen LogP contribution is -2.27. The van der Waals surface area contributed by atoms with Gasteiger partial charge in [0.25, 0.3) is 0 Å². The first-order valence-corrected chi connectivity index (χ1v) is 8.58. The number of anilines is 1. The number of carboxylic acids is 1. The lowest BCUT2D eigenvalue weighted by molar-refractivity contribution is -0.119. The lowest BCUT2D eigenvalue weighted by atomic mass is 10.3. The third-order valence-corrected chi connectivity index (χ3v) is 4.23. The van der Waals surface area contributed by atoms with E-state index in [1.54, 1.807) is 28.7 Å². The van der Waals surface area contributed by atoms with Crippen molar-refractivity contribution in [1.29, 1.82) is 0 Å². The van der Waals surface area contributed by atoms with Gasteiger partial charge in [-0.1, -0.05) is 11.6 Å². The second-order valence-electron chi connectivity index (χ2n) is 5.86. The summed E-state index contributed by atoms with van der Waals surface area (Å²) in [6, 6.07) is 0.472. The summed E-state index contributed by atoms with van der Waals surface area (Å²) in [7, 11) is 0. The third-order valence-electron chi connectivity index (χ3n) is 3.95. The van der Waals surface area contributed by atoms with Crippen LogP contribution in [0.25, 0.3) is 0 Å². The van der Waals surface area contributed by atoms with Crippen LogP contribution in [0.3, 0.4) is 0 Å². The van der Waals surface area contributed by atoms with Gasteiger partial charge in [-0.2, -0.15) is 15.3 Å². The van der Waals surface area contributed by atoms with Crippen LogP contribution >= 0.6 is 11.6 Å². The zero-order chi connectivity index (χ0) is 19.6. The summed E-state index contributed by atoms with van der Waals surface area (Å²) >= 11 is 6.16. The van der Waals surface area contributed by atoms with Gasteiger partial charge in [0, 0.05) is 30.7 Å². The van der Waals surface area contributed by atoms with Crippen molar-refractivity contribution in [3.63, 3.8) is 0 Å². The molecule has 27 heavy (non-hydrogen) atoms. The molecule has 1 unspecified atom stereocenters. The van der Waals surface area contributed by atoms with Crippen molar-refractivity contribution in [2.24, 2.45) is 0 Å². The van der Waals surface area contributed by atoms with Crippen molar-refractivity contribution in [2.75, 3.05) is 5.32 Å². The number of hydrogen-bond donors (Lipinski definition) is 2. The van der Waals surface area contributed by atoms with Crippen LogP contribution in [-0.4, -0.2) is 46.3 Å². The van der Waals surface area contributed by atoms with Crippen LogP contribution in [-0.2, 0) is 17.9 Å². The summed E-state index contributed by atoms with van der Waals surface area (Å²) in [5.74, 6) is -1.45. The number of amides is 1. The molecule has 0 bridgehead atoms. The second-order valence-corrected chi connectivity index (χ2v) is 6.27. The summed E-state index contributed by atoms with van der Waals surface area (Å²) < 4.78 is 4.52. The smallest absolute Gasteiger partial charge is 0.354 e. The molecular formula is C16H18ClN7O3. The number of aromatic nitrogens is 6. The van der Waals surface area contributed by atoms with Gasteiger partial charge in [0.1, 0.15) is 16.8 Å². The van der Waals surface area contributed by atoms with E-state index >= 15 is 0 Å². The first kappa shape index (κ1) is 18.6. The average Bonchev–Trinajstić information content (AvgIpc) is 3.35. The highest BCUT2D eigenvalue weighted by molar-refractivity contribution is 6.33. The summed E-state index contributed by atoms with van der Waals surface area (Å²) in [5, 5.41) is 24.4. The topological polar surface area (TPSA) is 120 Å². The molecule has 0 aliphatic heterocycles. The van der Waals surface area contributed by atoms with Crippen molar-refractivity contribution in [3.05, 3.63) is 47.1 Å². The highest BCUT2D eigenvalue weighted by Gasteiger charge is 2.23. The molecule has 142 valence electrons. The van der Waals surface area contributed by atoms with Crippen LogP contribution in [0.5, 0.6) is 0 Å².